The maximum Gasteiger partial charge on any atom is 0.302 e. The number of ketones is 6. The molecular weight excluding hydrogens is 789 g/mol. The lowest BCUT2D eigenvalue weighted by Crippen LogP contribution is -2.46. The standard InChI is InChI=1S/C11H20O4.C11H20O2.C10H16O2.C9H16O3.10CH4/c1-5-11(6-2,7-14-9(3)12)8-15-10(4)13;1-5-10(6-2)7-11(8(3)12)9(4)13;1-5-9(6-2)10(7(3)11)8(4)12;1-5-9(7(3)10,8(4)11)12-6-2;;;;;;;;;;/h5-8H2,1-4H3;10-11H,5-7H2,1-4H3;2*5-6H2,1-4H3;10*1H4. The van der Waals surface area contributed by atoms with E-state index in [4.69, 9.17) is 14.2 Å². The van der Waals surface area contributed by atoms with Crippen LogP contribution in [-0.4, -0.2) is 72.1 Å². The summed E-state index contributed by atoms with van der Waals surface area (Å²) in [7, 11) is 0. The second kappa shape index (κ2) is 53.8. The van der Waals surface area contributed by atoms with Crippen LogP contribution in [0.3, 0.4) is 0 Å². The van der Waals surface area contributed by atoms with Gasteiger partial charge in [0.2, 0.25) is 0 Å². The molecule has 0 aliphatic carbocycles. The maximum atomic E-state index is 11.2. The van der Waals surface area contributed by atoms with Gasteiger partial charge in [-0.15, -0.1) is 0 Å². The second-order valence-corrected chi connectivity index (χ2v) is 13.0. The molecule has 0 aliphatic rings. The highest BCUT2D eigenvalue weighted by Gasteiger charge is 2.39. The Morgan fingerprint density at radius 2 is 0.774 bits per heavy atom. The Balaban J connectivity index is -0.0000000393. The van der Waals surface area contributed by atoms with Gasteiger partial charge in [-0.25, -0.2) is 0 Å². The largest absolute Gasteiger partial charge is 0.465 e. The van der Waals surface area contributed by atoms with Crippen molar-refractivity contribution in [3.8, 4) is 0 Å². The first-order valence-corrected chi connectivity index (χ1v) is 18.7. The average molecular weight is 901 g/mol. The lowest BCUT2D eigenvalue weighted by Gasteiger charge is -2.29. The predicted molar refractivity (Wildman–Crippen MR) is 272 cm³/mol. The molecule has 62 heavy (non-hydrogen) atoms. The summed E-state index contributed by atoms with van der Waals surface area (Å²) in [6, 6.07) is 0. The van der Waals surface area contributed by atoms with Crippen LogP contribution in [0.25, 0.3) is 0 Å². The lowest BCUT2D eigenvalue weighted by atomic mass is 9.84. The fourth-order valence-electron chi connectivity index (χ4n) is 5.43. The van der Waals surface area contributed by atoms with E-state index in [1.165, 1.54) is 55.4 Å². The highest BCUT2D eigenvalue weighted by atomic mass is 16.5. The van der Waals surface area contributed by atoms with Gasteiger partial charge in [0.1, 0.15) is 24.8 Å². The molecule has 0 unspecified atom stereocenters. The molecule has 0 heterocycles. The number of hydrogen-bond acceptors (Lipinski definition) is 11. The number of rotatable bonds is 21. The van der Waals surface area contributed by atoms with Crippen molar-refractivity contribution >= 4 is 46.6 Å². The van der Waals surface area contributed by atoms with Gasteiger partial charge in [0.25, 0.3) is 0 Å². The smallest absolute Gasteiger partial charge is 0.302 e. The van der Waals surface area contributed by atoms with Crippen molar-refractivity contribution in [1.82, 2.24) is 0 Å². The zero-order valence-corrected chi connectivity index (χ0v) is 35.4. The van der Waals surface area contributed by atoms with Crippen molar-refractivity contribution in [3.05, 3.63) is 11.1 Å². The molecule has 0 atom stereocenters. The highest BCUT2D eigenvalue weighted by Crippen LogP contribution is 2.27. The minimum Gasteiger partial charge on any atom is -0.465 e. The molecule has 0 rings (SSSR count). The first kappa shape index (κ1) is 97.8. The number of allylic oxidation sites excluding steroid dienone is 2. The molecule has 0 aliphatic heterocycles. The molecule has 0 N–H and O–H groups in total. The molecule has 0 bridgehead atoms. The van der Waals surface area contributed by atoms with Gasteiger partial charge >= 0.3 is 11.9 Å². The molecule has 0 saturated carbocycles. The minimum absolute atomic E-state index is 0. The predicted octanol–water partition coefficient (Wildman–Crippen LogP) is 14.5. The van der Waals surface area contributed by atoms with Crippen LogP contribution in [0.2, 0.25) is 0 Å². The molecule has 11 nitrogen and oxygen atoms in total. The van der Waals surface area contributed by atoms with E-state index in [1.54, 1.807) is 13.8 Å². The van der Waals surface area contributed by atoms with Gasteiger partial charge in [0.15, 0.2) is 28.7 Å². The van der Waals surface area contributed by atoms with E-state index in [0.29, 0.717) is 37.7 Å². The molecule has 0 aromatic rings. The third-order valence-corrected chi connectivity index (χ3v) is 9.31. The first-order chi connectivity index (χ1) is 24.0. The molecule has 0 fully saturated rings. The van der Waals surface area contributed by atoms with Crippen LogP contribution in [0, 0.1) is 17.3 Å². The third-order valence-electron chi connectivity index (χ3n) is 9.31. The molecule has 11 heteroatoms. The van der Waals surface area contributed by atoms with Gasteiger partial charge in [-0.3, -0.25) is 38.4 Å². The molecule has 0 radical (unpaired) electrons. The fourth-order valence-corrected chi connectivity index (χ4v) is 5.43. The Bertz CT molecular complexity index is 1100. The Hall–Kier alpha value is -3.34. The Labute approximate surface area is 388 Å². The van der Waals surface area contributed by atoms with E-state index < -0.39 is 5.60 Å². The highest BCUT2D eigenvalue weighted by molar-refractivity contribution is 6.19. The molecule has 0 aromatic carbocycles. The molecule has 0 aromatic heterocycles. The van der Waals surface area contributed by atoms with E-state index in [2.05, 4.69) is 13.8 Å². The van der Waals surface area contributed by atoms with Crippen molar-refractivity contribution in [3.63, 3.8) is 0 Å². The molecule has 0 saturated heterocycles. The minimum atomic E-state index is -1.19. The zero-order chi connectivity index (χ0) is 41.8. The summed E-state index contributed by atoms with van der Waals surface area (Å²) in [6.07, 6.45) is 6.42. The van der Waals surface area contributed by atoms with Gasteiger partial charge < -0.3 is 14.2 Å². The van der Waals surface area contributed by atoms with Crippen LogP contribution in [-0.2, 0) is 52.6 Å². The molecular formula is C51H112O11. The van der Waals surface area contributed by atoms with Gasteiger partial charge in [0, 0.05) is 25.9 Å². The number of esters is 2. The van der Waals surface area contributed by atoms with Crippen LogP contribution < -0.4 is 0 Å². The number of ether oxygens (including phenoxy) is 3. The number of carbonyl (C=O) groups is 8. The van der Waals surface area contributed by atoms with Crippen LogP contribution >= 0.6 is 0 Å². The van der Waals surface area contributed by atoms with Crippen molar-refractivity contribution in [1.29, 1.82) is 0 Å². The Kier molecular flexibility index (Phi) is 84.8. The fraction of sp³-hybridized carbons (Fsp3) is 0.804. The Morgan fingerprint density at radius 3 is 0.903 bits per heavy atom. The molecule has 382 valence electrons. The first-order valence-electron chi connectivity index (χ1n) is 18.7. The van der Waals surface area contributed by atoms with Gasteiger partial charge in [-0.2, -0.15) is 0 Å². The summed E-state index contributed by atoms with van der Waals surface area (Å²) >= 11 is 0. The summed E-state index contributed by atoms with van der Waals surface area (Å²) in [6.45, 7) is 28.1. The summed E-state index contributed by atoms with van der Waals surface area (Å²) in [4.78, 5) is 88.2. The van der Waals surface area contributed by atoms with Crippen molar-refractivity contribution in [2.75, 3.05) is 19.8 Å². The number of carbonyl (C=O) groups excluding carboxylic acids is 8. The van der Waals surface area contributed by atoms with E-state index in [0.717, 1.165) is 50.5 Å². The van der Waals surface area contributed by atoms with E-state index in [-0.39, 0.29) is 132 Å². The average Bonchev–Trinajstić information content (AvgIpc) is 3.06. The van der Waals surface area contributed by atoms with Gasteiger partial charge in [-0.05, 0) is 92.9 Å². The monoisotopic (exact) mass is 901 g/mol. The van der Waals surface area contributed by atoms with Crippen molar-refractivity contribution < 1.29 is 52.6 Å². The van der Waals surface area contributed by atoms with Crippen LogP contribution in [0.4, 0.5) is 0 Å². The van der Waals surface area contributed by atoms with Crippen LogP contribution in [0.15, 0.2) is 11.1 Å². The quantitative estimate of drug-likeness (QED) is 0.0466. The third kappa shape index (κ3) is 40.7. The normalized spacial score (nSPS) is 8.94. The van der Waals surface area contributed by atoms with Crippen LogP contribution in [0.1, 0.15) is 236 Å². The van der Waals surface area contributed by atoms with Gasteiger partial charge in [0.05, 0.1) is 11.5 Å². The second-order valence-electron chi connectivity index (χ2n) is 13.0. The topological polar surface area (TPSA) is 164 Å². The summed E-state index contributed by atoms with van der Waals surface area (Å²) in [5, 5.41) is 0. The lowest BCUT2D eigenvalue weighted by molar-refractivity contribution is -0.156. The number of hydrogen-bond donors (Lipinski definition) is 0. The van der Waals surface area contributed by atoms with Gasteiger partial charge in [-0.1, -0.05) is 141 Å². The summed E-state index contributed by atoms with van der Waals surface area (Å²) < 4.78 is 15.2. The Morgan fingerprint density at radius 1 is 0.468 bits per heavy atom. The molecule has 0 amide bonds. The van der Waals surface area contributed by atoms with E-state index >= 15 is 0 Å². The zero-order valence-electron chi connectivity index (χ0n) is 35.4. The van der Waals surface area contributed by atoms with Crippen LogP contribution in [0.5, 0.6) is 0 Å². The maximum absolute atomic E-state index is 11.2. The SMILES string of the molecule is C.C.C.C.C.C.C.C.C.C.CCC(CC)(COC(C)=O)COC(C)=O.CCC(CC)=C(C(C)=O)C(C)=O.CCC(CC)CC(C(C)=O)C(C)=O.CCOC(CC)(C(C)=O)C(C)=O. The van der Waals surface area contributed by atoms with Crippen molar-refractivity contribution in [2.45, 2.75) is 242 Å². The number of Topliss-reactive ketones (excluding diaryl/α,β-unsaturated/α-hetero) is 6. The summed E-state index contributed by atoms with van der Waals surface area (Å²) in [5.41, 5.74) is -0.0541. The summed E-state index contributed by atoms with van der Waals surface area (Å²) in [5.74, 6) is -1.06. The molecule has 0 spiro atoms. The van der Waals surface area contributed by atoms with E-state index in [9.17, 15) is 38.4 Å². The van der Waals surface area contributed by atoms with E-state index in [1.807, 2.05) is 27.7 Å². The van der Waals surface area contributed by atoms with Crippen molar-refractivity contribution in [2.24, 2.45) is 17.3 Å².